The lowest BCUT2D eigenvalue weighted by Crippen LogP contribution is -2.42. The molecule has 1 unspecified atom stereocenters. The van der Waals surface area contributed by atoms with Crippen LogP contribution < -0.4 is 9.62 Å². The minimum Gasteiger partial charge on any atom is -0.480 e. The molecule has 2 saturated heterocycles. The van der Waals surface area contributed by atoms with E-state index in [1.807, 2.05) is 6.07 Å². The fraction of sp³-hybridized carbons (Fsp3) is 0.500. The molecule has 2 aliphatic heterocycles. The van der Waals surface area contributed by atoms with E-state index in [4.69, 9.17) is 16.3 Å². The van der Waals surface area contributed by atoms with Crippen molar-refractivity contribution >= 4 is 86.6 Å². The lowest BCUT2D eigenvalue weighted by Gasteiger charge is -2.33. The molecule has 0 amide bonds. The molecule has 0 spiro atoms. The van der Waals surface area contributed by atoms with E-state index in [-0.39, 0.29) is 15.5 Å². The number of hydrogen-bond donors (Lipinski definition) is 2. The summed E-state index contributed by atoms with van der Waals surface area (Å²) in [6.45, 7) is 3.88. The van der Waals surface area contributed by atoms with Gasteiger partial charge in [-0.3, -0.25) is 4.79 Å². The molecular formula is C32H39Br2ClN4O7S3. The molecule has 11 nitrogen and oxygen atoms in total. The summed E-state index contributed by atoms with van der Waals surface area (Å²) in [6, 6.07) is 10.6. The Hall–Kier alpha value is -1.63. The maximum atomic E-state index is 13.1. The van der Waals surface area contributed by atoms with Gasteiger partial charge in [-0.1, -0.05) is 41.9 Å². The average Bonchev–Trinajstić information content (AvgIpc) is 3.43. The van der Waals surface area contributed by atoms with Gasteiger partial charge in [-0.25, -0.2) is 21.8 Å². The number of nitrogens with zero attached hydrogens (tertiary/aromatic N) is 3. The molecule has 49 heavy (non-hydrogen) atoms. The Labute approximate surface area is 313 Å². The first-order valence-electron chi connectivity index (χ1n) is 16.1. The van der Waals surface area contributed by atoms with Gasteiger partial charge in [0, 0.05) is 50.1 Å². The number of nitrogens with one attached hydrogen (secondary N) is 1. The Morgan fingerprint density at radius 2 is 1.59 bits per heavy atom. The molecule has 0 bridgehead atoms. The van der Waals surface area contributed by atoms with Crippen LogP contribution in [0.5, 0.6) is 0 Å². The maximum Gasteiger partial charge on any atom is 0.322 e. The summed E-state index contributed by atoms with van der Waals surface area (Å²) in [7, 11) is -7.66. The number of carbonyl (C=O) groups is 1. The topological polar surface area (TPSA) is 146 Å². The van der Waals surface area contributed by atoms with E-state index in [0.29, 0.717) is 62.8 Å². The van der Waals surface area contributed by atoms with Gasteiger partial charge >= 0.3 is 5.97 Å². The second-order valence-electron chi connectivity index (χ2n) is 12.3. The first kappa shape index (κ1) is 38.6. The average molecular weight is 883 g/mol. The summed E-state index contributed by atoms with van der Waals surface area (Å²) in [4.78, 5) is 18.3. The highest BCUT2D eigenvalue weighted by Crippen LogP contribution is 2.37. The van der Waals surface area contributed by atoms with Crippen LogP contribution in [0.25, 0.3) is 0 Å². The van der Waals surface area contributed by atoms with Crippen molar-refractivity contribution in [2.75, 3.05) is 44.3 Å². The summed E-state index contributed by atoms with van der Waals surface area (Å²) in [5.41, 5.74) is 0.709. The van der Waals surface area contributed by atoms with Crippen LogP contribution in [-0.2, 0) is 36.0 Å². The third-order valence-corrected chi connectivity index (χ3v) is 15.9. The van der Waals surface area contributed by atoms with Crippen LogP contribution in [0.3, 0.4) is 0 Å². The Morgan fingerprint density at radius 1 is 0.980 bits per heavy atom. The number of aromatic nitrogens is 1. The number of halogens is 3. The van der Waals surface area contributed by atoms with Gasteiger partial charge in [0.15, 0.2) is 0 Å². The van der Waals surface area contributed by atoms with Gasteiger partial charge in [0.2, 0.25) is 10.0 Å². The van der Waals surface area contributed by atoms with Crippen molar-refractivity contribution in [3.63, 3.8) is 0 Å². The molecular weight excluding hydrogens is 844 g/mol. The maximum absolute atomic E-state index is 13.1. The lowest BCUT2D eigenvalue weighted by molar-refractivity contribution is -0.138. The molecule has 2 fully saturated rings. The van der Waals surface area contributed by atoms with Crippen molar-refractivity contribution in [2.24, 2.45) is 11.8 Å². The SMILES string of the molecule is O=C(O)C(Cc1ccccc1)NS(=O)(=O)c1cnc(N2CCC(CCOCCC3CCN(S(=O)(=O)c4cc(Br)c(Cl)s4)CC3)CC2)c(Br)c1. The number of pyridine rings is 1. The van der Waals surface area contributed by atoms with E-state index in [1.165, 1.54) is 12.3 Å². The first-order valence-corrected chi connectivity index (χ1v) is 21.8. The van der Waals surface area contributed by atoms with Gasteiger partial charge in [0.25, 0.3) is 10.0 Å². The third-order valence-electron chi connectivity index (χ3n) is 9.03. The van der Waals surface area contributed by atoms with Crippen molar-refractivity contribution in [1.29, 1.82) is 0 Å². The Kier molecular flexibility index (Phi) is 13.6. The van der Waals surface area contributed by atoms with Crippen molar-refractivity contribution in [3.8, 4) is 0 Å². The number of rotatable bonds is 15. The van der Waals surface area contributed by atoms with Crippen LogP contribution in [0.2, 0.25) is 4.34 Å². The Balaban J connectivity index is 1.01. The second-order valence-corrected chi connectivity index (χ2v) is 19.6. The van der Waals surface area contributed by atoms with Gasteiger partial charge in [0.05, 0.1) is 4.47 Å². The highest BCUT2D eigenvalue weighted by atomic mass is 79.9. The molecule has 2 aromatic heterocycles. The number of anilines is 1. The molecule has 0 aliphatic carbocycles. The number of hydrogen-bond acceptors (Lipinski definition) is 9. The van der Waals surface area contributed by atoms with Gasteiger partial charge in [-0.05, 0) is 106 Å². The Morgan fingerprint density at radius 3 is 2.14 bits per heavy atom. The fourth-order valence-corrected chi connectivity index (χ4v) is 12.0. The number of sulfonamides is 2. The highest BCUT2D eigenvalue weighted by Gasteiger charge is 2.32. The quantitative estimate of drug-likeness (QED) is 0.166. The second kappa shape index (κ2) is 17.3. The molecule has 1 atom stereocenters. The van der Waals surface area contributed by atoms with Crippen molar-refractivity contribution in [2.45, 2.75) is 60.1 Å². The molecule has 0 saturated carbocycles. The predicted molar refractivity (Wildman–Crippen MR) is 197 cm³/mol. The number of piperidine rings is 2. The van der Waals surface area contributed by atoms with Crippen molar-refractivity contribution in [1.82, 2.24) is 14.0 Å². The molecule has 2 aliphatic rings. The summed E-state index contributed by atoms with van der Waals surface area (Å²) >= 11 is 13.9. The summed E-state index contributed by atoms with van der Waals surface area (Å²) in [5.74, 6) is 0.337. The number of carboxylic acid groups (broad SMARTS) is 1. The van der Waals surface area contributed by atoms with Gasteiger partial charge < -0.3 is 14.7 Å². The van der Waals surface area contributed by atoms with E-state index in [9.17, 15) is 26.7 Å². The smallest absolute Gasteiger partial charge is 0.322 e. The third kappa shape index (κ3) is 10.3. The normalized spacial score (nSPS) is 17.7. The van der Waals surface area contributed by atoms with Crippen LogP contribution in [0.1, 0.15) is 44.1 Å². The van der Waals surface area contributed by atoms with E-state index in [1.54, 1.807) is 34.6 Å². The fourth-order valence-electron chi connectivity index (χ4n) is 6.13. The minimum absolute atomic E-state index is 0.0155. The number of carboxylic acids is 1. The van der Waals surface area contributed by atoms with Gasteiger partial charge in [0.1, 0.15) is 25.3 Å². The standard InChI is InChI=1S/C32H39Br2ClN4O7S3/c33-26-20-29(47-30(26)35)49(44,45)39-14-8-23(9-15-39)11-17-46-16-10-22-6-12-38(13-7-22)31-27(34)19-25(21-36-31)48(42,43)37-28(32(40)41)18-24-4-2-1-3-5-24/h1-5,19-23,28,37H,6-18H2,(H,40,41). The van der Waals surface area contributed by atoms with Crippen LogP contribution in [0.4, 0.5) is 5.82 Å². The summed E-state index contributed by atoms with van der Waals surface area (Å²) in [5, 5.41) is 9.65. The number of benzene rings is 1. The van der Waals surface area contributed by atoms with E-state index < -0.39 is 32.1 Å². The molecule has 3 aromatic rings. The number of thiophene rings is 1. The first-order chi connectivity index (χ1) is 23.3. The van der Waals surface area contributed by atoms with Gasteiger partial charge in [-0.15, -0.1) is 11.3 Å². The predicted octanol–water partition coefficient (Wildman–Crippen LogP) is 6.41. The lowest BCUT2D eigenvalue weighted by atomic mass is 9.94. The van der Waals surface area contributed by atoms with Gasteiger partial charge in [-0.2, -0.15) is 9.03 Å². The minimum atomic E-state index is -4.13. The zero-order chi connectivity index (χ0) is 35.2. The summed E-state index contributed by atoms with van der Waals surface area (Å²) < 4.78 is 63.7. The number of aliphatic carboxylic acids is 1. The van der Waals surface area contributed by atoms with Crippen LogP contribution in [-0.4, -0.2) is 82.6 Å². The number of ether oxygens (including phenoxy) is 1. The zero-order valence-corrected chi connectivity index (χ0v) is 33.0. The molecule has 1 aromatic carbocycles. The zero-order valence-electron chi connectivity index (χ0n) is 26.6. The van der Waals surface area contributed by atoms with Crippen molar-refractivity contribution < 1.29 is 31.5 Å². The van der Waals surface area contributed by atoms with Crippen LogP contribution in [0.15, 0.2) is 66.7 Å². The van der Waals surface area contributed by atoms with E-state index in [2.05, 4.69) is 46.5 Å². The molecule has 17 heteroatoms. The molecule has 4 heterocycles. The monoisotopic (exact) mass is 880 g/mol. The van der Waals surface area contributed by atoms with Crippen LogP contribution in [0, 0.1) is 11.8 Å². The van der Waals surface area contributed by atoms with Crippen LogP contribution >= 0.6 is 54.8 Å². The highest BCUT2D eigenvalue weighted by molar-refractivity contribution is 9.11. The molecule has 2 N–H and O–H groups in total. The molecule has 268 valence electrons. The van der Waals surface area contributed by atoms with Crippen molar-refractivity contribution in [3.05, 3.63) is 67.5 Å². The summed E-state index contributed by atoms with van der Waals surface area (Å²) in [6.07, 6.45) is 6.68. The van der Waals surface area contributed by atoms with E-state index >= 15 is 0 Å². The Bertz CT molecular complexity index is 1780. The molecule has 0 radical (unpaired) electrons. The van der Waals surface area contributed by atoms with E-state index in [0.717, 1.165) is 63.0 Å². The largest absolute Gasteiger partial charge is 0.480 e. The molecule has 5 rings (SSSR count).